The Morgan fingerprint density at radius 3 is 2.30 bits per heavy atom. The molecule has 33 heavy (non-hydrogen) atoms. The van der Waals surface area contributed by atoms with Gasteiger partial charge in [0.1, 0.15) is 23.1 Å². The number of nitrogens with zero attached hydrogens (tertiary/aromatic N) is 1. The van der Waals surface area contributed by atoms with E-state index in [4.69, 9.17) is 9.47 Å². The van der Waals surface area contributed by atoms with Crippen molar-refractivity contribution in [2.24, 2.45) is 0 Å². The first-order valence-electron chi connectivity index (χ1n) is 10.9. The summed E-state index contributed by atoms with van der Waals surface area (Å²) < 4.78 is 11.6. The van der Waals surface area contributed by atoms with Crippen molar-refractivity contribution in [3.8, 4) is 33.2 Å². The van der Waals surface area contributed by atoms with Gasteiger partial charge in [0.25, 0.3) is 0 Å². The summed E-state index contributed by atoms with van der Waals surface area (Å²) in [7, 11) is 0. The Hall–Kier alpha value is -3.64. The molecule has 1 amide bonds. The summed E-state index contributed by atoms with van der Waals surface area (Å²) in [5, 5.41) is 5.69. The molecule has 0 aliphatic carbocycles. The van der Waals surface area contributed by atoms with Gasteiger partial charge >= 0.3 is 0 Å². The summed E-state index contributed by atoms with van der Waals surface area (Å²) in [5.41, 5.74) is 3.82. The minimum atomic E-state index is -0.0788. The topological polar surface area (TPSA) is 60.5 Å². The van der Waals surface area contributed by atoms with Gasteiger partial charge in [-0.1, -0.05) is 60.7 Å². The third kappa shape index (κ3) is 5.99. The SMILES string of the molecule is CCOc1ccccc1-c1nc(CC(=O)NCCOc2ccccc2-c2ccccc2)cs1. The molecule has 0 unspecified atom stereocenters. The number of hydrogen-bond donors (Lipinski definition) is 1. The molecule has 5 nitrogen and oxygen atoms in total. The van der Waals surface area contributed by atoms with E-state index in [-0.39, 0.29) is 12.3 Å². The molecule has 0 bridgehead atoms. The number of carbonyl (C=O) groups excluding carboxylic acids is 1. The predicted octanol–water partition coefficient (Wildman–Crippen LogP) is 5.61. The Morgan fingerprint density at radius 1 is 0.879 bits per heavy atom. The number of ether oxygens (including phenoxy) is 2. The molecule has 6 heteroatoms. The first-order valence-corrected chi connectivity index (χ1v) is 11.8. The van der Waals surface area contributed by atoms with Gasteiger partial charge in [-0.2, -0.15) is 0 Å². The normalized spacial score (nSPS) is 10.6. The standard InChI is InChI=1S/C27H26N2O3S/c1-2-31-25-15-9-7-13-23(25)27-29-21(19-33-27)18-26(30)28-16-17-32-24-14-8-6-12-22(24)20-10-4-3-5-11-20/h3-15,19H,2,16-18H2,1H3,(H,28,30). The molecular formula is C27H26N2O3S. The molecule has 4 rings (SSSR count). The fraction of sp³-hybridized carbons (Fsp3) is 0.185. The molecule has 0 saturated carbocycles. The average Bonchev–Trinajstić information content (AvgIpc) is 3.31. The van der Waals surface area contributed by atoms with E-state index in [1.165, 1.54) is 11.3 Å². The van der Waals surface area contributed by atoms with Crippen LogP contribution in [-0.4, -0.2) is 30.6 Å². The van der Waals surface area contributed by atoms with Crippen molar-refractivity contribution in [3.63, 3.8) is 0 Å². The molecule has 1 heterocycles. The fourth-order valence-electron chi connectivity index (χ4n) is 3.46. The summed E-state index contributed by atoms with van der Waals surface area (Å²) in [4.78, 5) is 17.0. The van der Waals surface area contributed by atoms with Gasteiger partial charge in [0.15, 0.2) is 0 Å². The second-order valence-electron chi connectivity index (χ2n) is 7.31. The van der Waals surface area contributed by atoms with Crippen LogP contribution in [0.2, 0.25) is 0 Å². The number of amides is 1. The van der Waals surface area contributed by atoms with Crippen molar-refractivity contribution < 1.29 is 14.3 Å². The number of para-hydroxylation sites is 2. The molecule has 0 saturated heterocycles. The van der Waals surface area contributed by atoms with Crippen LogP contribution in [0.15, 0.2) is 84.2 Å². The minimum absolute atomic E-state index is 0.0788. The lowest BCUT2D eigenvalue weighted by Gasteiger charge is -2.12. The van der Waals surface area contributed by atoms with Crippen LogP contribution in [0, 0.1) is 0 Å². The van der Waals surface area contributed by atoms with Gasteiger partial charge in [0, 0.05) is 10.9 Å². The van der Waals surface area contributed by atoms with E-state index in [9.17, 15) is 4.79 Å². The molecule has 0 spiro atoms. The van der Waals surface area contributed by atoms with E-state index < -0.39 is 0 Å². The smallest absolute Gasteiger partial charge is 0.226 e. The largest absolute Gasteiger partial charge is 0.493 e. The van der Waals surface area contributed by atoms with Gasteiger partial charge in [0.05, 0.1) is 30.8 Å². The molecule has 0 aliphatic rings. The molecule has 1 N–H and O–H groups in total. The molecule has 0 atom stereocenters. The number of nitrogens with one attached hydrogen (secondary N) is 1. The Balaban J connectivity index is 1.29. The fourth-order valence-corrected chi connectivity index (χ4v) is 4.31. The number of benzene rings is 3. The van der Waals surface area contributed by atoms with Crippen LogP contribution in [0.5, 0.6) is 11.5 Å². The zero-order valence-corrected chi connectivity index (χ0v) is 19.3. The van der Waals surface area contributed by atoms with Crippen molar-refractivity contribution >= 4 is 17.2 Å². The Kier molecular flexibility index (Phi) is 7.72. The van der Waals surface area contributed by atoms with E-state index in [0.29, 0.717) is 19.8 Å². The molecule has 0 radical (unpaired) electrons. The predicted molar refractivity (Wildman–Crippen MR) is 133 cm³/mol. The van der Waals surface area contributed by atoms with Crippen molar-refractivity contribution in [1.82, 2.24) is 10.3 Å². The van der Waals surface area contributed by atoms with E-state index in [2.05, 4.69) is 22.4 Å². The maximum absolute atomic E-state index is 12.4. The molecule has 0 fully saturated rings. The number of aromatic nitrogens is 1. The van der Waals surface area contributed by atoms with Crippen LogP contribution >= 0.6 is 11.3 Å². The lowest BCUT2D eigenvalue weighted by molar-refractivity contribution is -0.120. The van der Waals surface area contributed by atoms with Gasteiger partial charge in [-0.3, -0.25) is 4.79 Å². The highest BCUT2D eigenvalue weighted by molar-refractivity contribution is 7.13. The van der Waals surface area contributed by atoms with Crippen LogP contribution in [0.1, 0.15) is 12.6 Å². The van der Waals surface area contributed by atoms with Gasteiger partial charge < -0.3 is 14.8 Å². The Bertz CT molecular complexity index is 1190. The molecule has 168 valence electrons. The summed E-state index contributed by atoms with van der Waals surface area (Å²) in [6, 6.07) is 25.9. The number of carbonyl (C=O) groups is 1. The summed E-state index contributed by atoms with van der Waals surface area (Å²) in [6.07, 6.45) is 0.230. The number of rotatable bonds is 10. The zero-order chi connectivity index (χ0) is 22.9. The highest BCUT2D eigenvalue weighted by Crippen LogP contribution is 2.32. The lowest BCUT2D eigenvalue weighted by Crippen LogP contribution is -2.29. The second-order valence-corrected chi connectivity index (χ2v) is 8.17. The second kappa shape index (κ2) is 11.3. The van der Waals surface area contributed by atoms with Crippen LogP contribution < -0.4 is 14.8 Å². The number of thiazole rings is 1. The minimum Gasteiger partial charge on any atom is -0.493 e. The van der Waals surface area contributed by atoms with Crippen molar-refractivity contribution in [3.05, 3.63) is 89.9 Å². The first kappa shape index (κ1) is 22.6. The van der Waals surface area contributed by atoms with Crippen LogP contribution in [-0.2, 0) is 11.2 Å². The molecule has 0 aliphatic heterocycles. The van der Waals surface area contributed by atoms with Crippen LogP contribution in [0.4, 0.5) is 0 Å². The Morgan fingerprint density at radius 2 is 1.55 bits per heavy atom. The van der Waals surface area contributed by atoms with Gasteiger partial charge in [-0.25, -0.2) is 4.98 Å². The maximum atomic E-state index is 12.4. The summed E-state index contributed by atoms with van der Waals surface area (Å²) in [6.45, 7) is 3.36. The lowest BCUT2D eigenvalue weighted by atomic mass is 10.1. The maximum Gasteiger partial charge on any atom is 0.226 e. The molecule has 3 aromatic carbocycles. The van der Waals surface area contributed by atoms with E-state index in [0.717, 1.165) is 38.9 Å². The van der Waals surface area contributed by atoms with Gasteiger partial charge in [0.2, 0.25) is 5.91 Å². The zero-order valence-electron chi connectivity index (χ0n) is 18.5. The highest BCUT2D eigenvalue weighted by atomic mass is 32.1. The summed E-state index contributed by atoms with van der Waals surface area (Å²) >= 11 is 1.51. The molecular weight excluding hydrogens is 432 g/mol. The van der Waals surface area contributed by atoms with Gasteiger partial charge in [-0.15, -0.1) is 11.3 Å². The van der Waals surface area contributed by atoms with Crippen LogP contribution in [0.3, 0.4) is 0 Å². The van der Waals surface area contributed by atoms with Gasteiger partial charge in [-0.05, 0) is 30.7 Å². The van der Waals surface area contributed by atoms with Crippen LogP contribution in [0.25, 0.3) is 21.7 Å². The van der Waals surface area contributed by atoms with Crippen molar-refractivity contribution in [1.29, 1.82) is 0 Å². The molecule has 4 aromatic rings. The van der Waals surface area contributed by atoms with E-state index in [1.54, 1.807) is 0 Å². The van der Waals surface area contributed by atoms with Crippen molar-refractivity contribution in [2.75, 3.05) is 19.8 Å². The third-order valence-corrected chi connectivity index (χ3v) is 5.89. The third-order valence-electron chi connectivity index (χ3n) is 4.96. The first-order chi connectivity index (χ1) is 16.2. The quantitative estimate of drug-likeness (QED) is 0.314. The molecule has 1 aromatic heterocycles. The van der Waals surface area contributed by atoms with Crippen molar-refractivity contribution in [2.45, 2.75) is 13.3 Å². The average molecular weight is 459 g/mol. The highest BCUT2D eigenvalue weighted by Gasteiger charge is 2.12. The Labute approximate surface area is 198 Å². The summed E-state index contributed by atoms with van der Waals surface area (Å²) in [5.74, 6) is 1.53. The number of hydrogen-bond acceptors (Lipinski definition) is 5. The van der Waals surface area contributed by atoms with E-state index >= 15 is 0 Å². The van der Waals surface area contributed by atoms with E-state index in [1.807, 2.05) is 79.0 Å². The monoisotopic (exact) mass is 458 g/mol.